The standard InChI is InChI=1S/C17H25N7O5/c1-17(2,3)29-16(28)22(4)5-6-23(8-12(26)27)11(25)7-24-10-21-13-14(18)19-9-20-15(13)24/h9-10H,5-8H2,1-4H3,(H,26,27)(H2,18,19,20). The summed E-state index contributed by atoms with van der Waals surface area (Å²) in [5.41, 5.74) is 5.79. The highest BCUT2D eigenvalue weighted by molar-refractivity contribution is 5.85. The lowest BCUT2D eigenvalue weighted by Crippen LogP contribution is -2.44. The fourth-order valence-electron chi connectivity index (χ4n) is 2.42. The fourth-order valence-corrected chi connectivity index (χ4v) is 2.42. The molecule has 29 heavy (non-hydrogen) atoms. The molecule has 0 fully saturated rings. The van der Waals surface area contributed by atoms with Crippen molar-refractivity contribution in [1.82, 2.24) is 29.3 Å². The molecule has 0 spiro atoms. The first-order chi connectivity index (χ1) is 13.5. The van der Waals surface area contributed by atoms with Gasteiger partial charge in [-0.1, -0.05) is 0 Å². The van der Waals surface area contributed by atoms with Crippen LogP contribution in [0.5, 0.6) is 0 Å². The summed E-state index contributed by atoms with van der Waals surface area (Å²) in [5, 5.41) is 9.14. The lowest BCUT2D eigenvalue weighted by molar-refractivity contribution is -0.144. The summed E-state index contributed by atoms with van der Waals surface area (Å²) < 4.78 is 6.71. The highest BCUT2D eigenvalue weighted by Crippen LogP contribution is 2.14. The predicted molar refractivity (Wildman–Crippen MR) is 103 cm³/mol. The molecule has 12 heteroatoms. The number of amides is 2. The van der Waals surface area contributed by atoms with Crippen molar-refractivity contribution in [2.24, 2.45) is 0 Å². The Bertz CT molecular complexity index is 905. The van der Waals surface area contributed by atoms with Gasteiger partial charge in [0.1, 0.15) is 30.5 Å². The number of anilines is 1. The molecular formula is C17H25N7O5. The molecule has 0 saturated carbocycles. The molecule has 0 saturated heterocycles. The Hall–Kier alpha value is -3.44. The number of carbonyl (C=O) groups excluding carboxylic acids is 2. The number of likely N-dealkylation sites (N-methyl/N-ethyl adjacent to an activating group) is 1. The maximum atomic E-state index is 12.7. The number of carbonyl (C=O) groups is 3. The summed E-state index contributed by atoms with van der Waals surface area (Å²) in [5.74, 6) is -1.45. The maximum Gasteiger partial charge on any atom is 0.410 e. The third-order valence-electron chi connectivity index (χ3n) is 3.82. The minimum absolute atomic E-state index is 0.0185. The molecule has 0 aliphatic rings. The van der Waals surface area contributed by atoms with Crippen LogP contribution >= 0.6 is 0 Å². The molecule has 0 bridgehead atoms. The van der Waals surface area contributed by atoms with Crippen LogP contribution in [0.4, 0.5) is 10.6 Å². The van der Waals surface area contributed by atoms with E-state index in [1.165, 1.54) is 29.2 Å². The van der Waals surface area contributed by atoms with E-state index in [0.29, 0.717) is 11.2 Å². The summed E-state index contributed by atoms with van der Waals surface area (Å²) in [6.07, 6.45) is 2.08. The van der Waals surface area contributed by atoms with Crippen molar-refractivity contribution >= 4 is 35.0 Å². The van der Waals surface area contributed by atoms with Crippen molar-refractivity contribution in [3.05, 3.63) is 12.7 Å². The number of aliphatic carboxylic acids is 1. The number of rotatable bonds is 7. The summed E-state index contributed by atoms with van der Waals surface area (Å²) in [6.45, 7) is 4.65. The smallest absolute Gasteiger partial charge is 0.410 e. The molecular weight excluding hydrogens is 382 g/mol. The molecule has 2 aromatic rings. The van der Waals surface area contributed by atoms with E-state index in [9.17, 15) is 14.4 Å². The number of carboxylic acid groups (broad SMARTS) is 1. The number of hydrogen-bond acceptors (Lipinski definition) is 8. The number of ether oxygens (including phenoxy) is 1. The third kappa shape index (κ3) is 6.02. The average Bonchev–Trinajstić information content (AvgIpc) is 3.00. The molecule has 2 heterocycles. The zero-order valence-electron chi connectivity index (χ0n) is 16.8. The van der Waals surface area contributed by atoms with Crippen LogP contribution in [0.25, 0.3) is 11.2 Å². The van der Waals surface area contributed by atoms with Gasteiger partial charge in [-0.15, -0.1) is 0 Å². The SMILES string of the molecule is CN(CCN(CC(=O)O)C(=O)Cn1cnc2c(N)ncnc21)C(=O)OC(C)(C)C. The number of imidazole rings is 1. The zero-order valence-corrected chi connectivity index (χ0v) is 16.8. The monoisotopic (exact) mass is 407 g/mol. The molecule has 0 aliphatic heterocycles. The zero-order chi connectivity index (χ0) is 21.8. The number of nitrogen functional groups attached to an aromatic ring is 1. The summed E-state index contributed by atoms with van der Waals surface area (Å²) in [4.78, 5) is 50.3. The van der Waals surface area contributed by atoms with E-state index in [4.69, 9.17) is 15.6 Å². The third-order valence-corrected chi connectivity index (χ3v) is 3.82. The normalized spacial score (nSPS) is 11.3. The van der Waals surface area contributed by atoms with E-state index in [0.717, 1.165) is 4.90 Å². The largest absolute Gasteiger partial charge is 0.480 e. The van der Waals surface area contributed by atoms with Crippen LogP contribution in [0.2, 0.25) is 0 Å². The van der Waals surface area contributed by atoms with Crippen LogP contribution in [0.15, 0.2) is 12.7 Å². The first kappa shape index (κ1) is 21.9. The summed E-state index contributed by atoms with van der Waals surface area (Å²) >= 11 is 0. The predicted octanol–water partition coefficient (Wildman–Crippen LogP) is 0.189. The molecule has 0 radical (unpaired) electrons. The quantitative estimate of drug-likeness (QED) is 0.653. The summed E-state index contributed by atoms with van der Waals surface area (Å²) in [7, 11) is 1.51. The van der Waals surface area contributed by atoms with Crippen LogP contribution in [0.3, 0.4) is 0 Å². The number of hydrogen-bond donors (Lipinski definition) is 2. The minimum Gasteiger partial charge on any atom is -0.480 e. The van der Waals surface area contributed by atoms with Crippen LogP contribution in [-0.4, -0.2) is 84.7 Å². The molecule has 0 aliphatic carbocycles. The van der Waals surface area contributed by atoms with Crippen molar-refractivity contribution in [1.29, 1.82) is 0 Å². The topological polar surface area (TPSA) is 157 Å². The Balaban J connectivity index is 2.06. The lowest BCUT2D eigenvalue weighted by Gasteiger charge is -2.27. The Kier molecular flexibility index (Phi) is 6.56. The molecule has 0 aromatic carbocycles. The number of carboxylic acids is 1. The van der Waals surface area contributed by atoms with E-state index in [-0.39, 0.29) is 25.5 Å². The van der Waals surface area contributed by atoms with Crippen molar-refractivity contribution in [2.75, 3.05) is 32.4 Å². The highest BCUT2D eigenvalue weighted by atomic mass is 16.6. The number of nitrogens with two attached hydrogens (primary N) is 1. The molecule has 0 atom stereocenters. The second-order valence-electron chi connectivity index (χ2n) is 7.41. The van der Waals surface area contributed by atoms with Gasteiger partial charge in [-0.05, 0) is 20.8 Å². The van der Waals surface area contributed by atoms with Gasteiger partial charge in [0.25, 0.3) is 0 Å². The number of fused-ring (bicyclic) bond motifs is 1. The molecule has 3 N–H and O–H groups in total. The van der Waals surface area contributed by atoms with Crippen molar-refractivity contribution in [3.63, 3.8) is 0 Å². The van der Waals surface area contributed by atoms with Crippen molar-refractivity contribution in [3.8, 4) is 0 Å². The van der Waals surface area contributed by atoms with Crippen LogP contribution in [0, 0.1) is 0 Å². The van der Waals surface area contributed by atoms with Crippen LogP contribution in [0.1, 0.15) is 20.8 Å². The van der Waals surface area contributed by atoms with Crippen LogP contribution in [-0.2, 0) is 20.9 Å². The van der Waals surface area contributed by atoms with E-state index in [1.807, 2.05) is 0 Å². The van der Waals surface area contributed by atoms with Crippen LogP contribution < -0.4 is 5.73 Å². The Labute approximate surface area is 167 Å². The highest BCUT2D eigenvalue weighted by Gasteiger charge is 2.23. The lowest BCUT2D eigenvalue weighted by atomic mass is 10.2. The van der Waals surface area contributed by atoms with Gasteiger partial charge in [0, 0.05) is 20.1 Å². The van der Waals surface area contributed by atoms with Gasteiger partial charge in [-0.25, -0.2) is 19.7 Å². The second-order valence-corrected chi connectivity index (χ2v) is 7.41. The van der Waals surface area contributed by atoms with E-state index < -0.39 is 30.1 Å². The fraction of sp³-hybridized carbons (Fsp3) is 0.529. The maximum absolute atomic E-state index is 12.7. The van der Waals surface area contributed by atoms with Gasteiger partial charge in [-0.2, -0.15) is 0 Å². The molecule has 2 aromatic heterocycles. The number of nitrogens with zero attached hydrogens (tertiary/aromatic N) is 6. The van der Waals surface area contributed by atoms with Gasteiger partial charge in [0.2, 0.25) is 5.91 Å². The van der Waals surface area contributed by atoms with Gasteiger partial charge in [0.15, 0.2) is 11.5 Å². The average molecular weight is 407 g/mol. The first-order valence-electron chi connectivity index (χ1n) is 8.83. The van der Waals surface area contributed by atoms with Gasteiger partial charge in [0.05, 0.1) is 6.33 Å². The molecule has 158 valence electrons. The summed E-state index contributed by atoms with van der Waals surface area (Å²) in [6, 6.07) is 0. The Morgan fingerprint density at radius 2 is 1.90 bits per heavy atom. The van der Waals surface area contributed by atoms with E-state index in [2.05, 4.69) is 15.0 Å². The number of aromatic nitrogens is 4. The van der Waals surface area contributed by atoms with Gasteiger partial charge in [-0.3, -0.25) is 9.59 Å². The minimum atomic E-state index is -1.17. The van der Waals surface area contributed by atoms with Gasteiger partial charge >= 0.3 is 12.1 Å². The first-order valence-corrected chi connectivity index (χ1v) is 8.83. The Morgan fingerprint density at radius 1 is 1.21 bits per heavy atom. The Morgan fingerprint density at radius 3 is 2.52 bits per heavy atom. The molecule has 2 rings (SSSR count). The molecule has 12 nitrogen and oxygen atoms in total. The van der Waals surface area contributed by atoms with E-state index in [1.54, 1.807) is 20.8 Å². The second kappa shape index (κ2) is 8.71. The van der Waals surface area contributed by atoms with E-state index >= 15 is 0 Å². The van der Waals surface area contributed by atoms with Crippen molar-refractivity contribution in [2.45, 2.75) is 32.9 Å². The van der Waals surface area contributed by atoms with Crippen molar-refractivity contribution < 1.29 is 24.2 Å². The molecule has 2 amide bonds. The van der Waals surface area contributed by atoms with Gasteiger partial charge < -0.3 is 29.9 Å². The molecule has 0 unspecified atom stereocenters.